The first-order valence-electron chi connectivity index (χ1n) is 10.9. The van der Waals surface area contributed by atoms with Gasteiger partial charge in [0, 0.05) is 25.1 Å². The molecule has 2 aliphatic heterocycles. The van der Waals surface area contributed by atoms with Gasteiger partial charge in [-0.25, -0.2) is 4.39 Å². The Labute approximate surface area is 178 Å². The lowest BCUT2D eigenvalue weighted by molar-refractivity contribution is -0.128. The van der Waals surface area contributed by atoms with Crippen molar-refractivity contribution in [3.63, 3.8) is 0 Å². The highest BCUT2D eigenvalue weighted by atomic mass is 19.1. The molecule has 4 nitrogen and oxygen atoms in total. The minimum atomic E-state index is -0.318. The van der Waals surface area contributed by atoms with E-state index in [1.807, 2.05) is 24.3 Å². The third-order valence-electron chi connectivity index (χ3n) is 6.13. The van der Waals surface area contributed by atoms with E-state index in [0.717, 1.165) is 55.8 Å². The summed E-state index contributed by atoms with van der Waals surface area (Å²) in [6.45, 7) is 8.65. The summed E-state index contributed by atoms with van der Waals surface area (Å²) in [6.07, 6.45) is 2.65. The second-order valence-corrected chi connectivity index (χ2v) is 9.37. The van der Waals surface area contributed by atoms with Crippen LogP contribution in [0.2, 0.25) is 0 Å². The number of carbonyl (C=O) groups is 1. The second-order valence-electron chi connectivity index (χ2n) is 9.37. The summed E-state index contributed by atoms with van der Waals surface area (Å²) in [5, 5.41) is 3.32. The van der Waals surface area contributed by atoms with E-state index >= 15 is 0 Å². The van der Waals surface area contributed by atoms with Crippen LogP contribution in [0.1, 0.15) is 55.8 Å². The molecule has 0 bridgehead atoms. The van der Waals surface area contributed by atoms with Crippen molar-refractivity contribution >= 4 is 5.91 Å². The number of likely N-dealkylation sites (tertiary alicyclic amines) is 1. The molecular formula is C25H31FN2O2. The largest absolute Gasteiger partial charge is 0.487 e. The quantitative estimate of drug-likeness (QED) is 0.790. The first kappa shape index (κ1) is 20.9. The summed E-state index contributed by atoms with van der Waals surface area (Å²) in [4.78, 5) is 15.5. The minimum absolute atomic E-state index is 0.0292. The van der Waals surface area contributed by atoms with E-state index in [4.69, 9.17) is 4.74 Å². The Hall–Kier alpha value is -2.40. The zero-order valence-corrected chi connectivity index (χ0v) is 18.1. The van der Waals surface area contributed by atoms with Gasteiger partial charge in [0.05, 0.1) is 12.0 Å². The Morgan fingerprint density at radius 1 is 1.23 bits per heavy atom. The predicted octanol–water partition coefficient (Wildman–Crippen LogP) is 4.76. The molecule has 0 saturated carbocycles. The zero-order valence-electron chi connectivity index (χ0n) is 18.1. The number of nitrogens with zero attached hydrogens (tertiary/aromatic N) is 1. The van der Waals surface area contributed by atoms with Gasteiger partial charge in [-0.2, -0.15) is 0 Å². The maximum absolute atomic E-state index is 13.2. The van der Waals surface area contributed by atoms with Crippen LogP contribution >= 0.6 is 0 Å². The lowest BCUT2D eigenvalue weighted by Gasteiger charge is -2.39. The number of aryl methyl sites for hydroxylation is 1. The smallest absolute Gasteiger partial charge is 0.224 e. The number of benzene rings is 2. The molecule has 0 aromatic heterocycles. The summed E-state index contributed by atoms with van der Waals surface area (Å²) >= 11 is 0. The normalized spacial score (nSPS) is 23.3. The van der Waals surface area contributed by atoms with Gasteiger partial charge in [-0.05, 0) is 63.9 Å². The molecule has 1 saturated heterocycles. The molecule has 0 spiro atoms. The molecule has 1 fully saturated rings. The average Bonchev–Trinajstić information content (AvgIpc) is 2.70. The van der Waals surface area contributed by atoms with Crippen LogP contribution in [0.15, 0.2) is 42.5 Å². The van der Waals surface area contributed by atoms with E-state index in [-0.39, 0.29) is 29.3 Å². The average molecular weight is 411 g/mol. The number of carbonyl (C=O) groups excluding carboxylic acids is 1. The summed E-state index contributed by atoms with van der Waals surface area (Å²) in [5.41, 5.74) is 3.00. The molecule has 0 aliphatic carbocycles. The first-order valence-corrected chi connectivity index (χ1v) is 10.9. The molecule has 30 heavy (non-hydrogen) atoms. The number of amides is 1. The number of halogens is 1. The lowest BCUT2D eigenvalue weighted by Crippen LogP contribution is -2.46. The summed E-state index contributed by atoms with van der Waals surface area (Å²) in [6, 6.07) is 12.8. The standard InChI is InChI=1S/C25H31FN2O2/c1-17-6-11-23-21(13-17)22(14-25(2,3)30-23)27-24(29)19-5-4-12-28(16-19)15-18-7-9-20(26)10-8-18/h6-11,13,19,22H,4-5,12,14-16H2,1-3H3,(H,27,29). The fraction of sp³-hybridized carbons (Fsp3) is 0.480. The van der Waals surface area contributed by atoms with Crippen molar-refractivity contribution in [2.45, 2.75) is 58.2 Å². The van der Waals surface area contributed by atoms with E-state index in [2.05, 4.69) is 37.1 Å². The zero-order chi connectivity index (χ0) is 21.3. The number of hydrogen-bond donors (Lipinski definition) is 1. The van der Waals surface area contributed by atoms with Crippen molar-refractivity contribution in [2.75, 3.05) is 13.1 Å². The van der Waals surface area contributed by atoms with E-state index in [1.165, 1.54) is 17.7 Å². The maximum atomic E-state index is 13.2. The topological polar surface area (TPSA) is 41.6 Å². The number of piperidine rings is 1. The van der Waals surface area contributed by atoms with E-state index < -0.39 is 0 Å². The van der Waals surface area contributed by atoms with Crippen molar-refractivity contribution in [2.24, 2.45) is 5.92 Å². The molecular weight excluding hydrogens is 379 g/mol. The van der Waals surface area contributed by atoms with Gasteiger partial charge < -0.3 is 10.1 Å². The summed E-state index contributed by atoms with van der Waals surface area (Å²) in [5.74, 6) is 0.737. The molecule has 2 aliphatic rings. The minimum Gasteiger partial charge on any atom is -0.487 e. The van der Waals surface area contributed by atoms with Gasteiger partial charge in [0.25, 0.3) is 0 Å². The molecule has 5 heteroatoms. The Morgan fingerprint density at radius 3 is 2.77 bits per heavy atom. The Balaban J connectivity index is 1.43. The van der Waals surface area contributed by atoms with E-state index in [0.29, 0.717) is 0 Å². The Morgan fingerprint density at radius 2 is 2.00 bits per heavy atom. The van der Waals surface area contributed by atoms with Gasteiger partial charge in [0.1, 0.15) is 17.2 Å². The fourth-order valence-corrected chi connectivity index (χ4v) is 4.65. The van der Waals surface area contributed by atoms with Gasteiger partial charge in [0.2, 0.25) is 5.91 Å². The molecule has 1 N–H and O–H groups in total. The molecule has 2 unspecified atom stereocenters. The van der Waals surface area contributed by atoms with Crippen molar-refractivity contribution in [1.29, 1.82) is 0 Å². The molecule has 1 amide bonds. The van der Waals surface area contributed by atoms with Crippen molar-refractivity contribution in [3.05, 3.63) is 65.0 Å². The molecule has 160 valence electrons. The Kier molecular flexibility index (Phi) is 5.83. The number of nitrogens with one attached hydrogen (secondary N) is 1. The van der Waals surface area contributed by atoms with Gasteiger partial charge in [-0.3, -0.25) is 9.69 Å². The van der Waals surface area contributed by atoms with Gasteiger partial charge in [0.15, 0.2) is 0 Å². The van der Waals surface area contributed by atoms with Gasteiger partial charge >= 0.3 is 0 Å². The molecule has 0 radical (unpaired) electrons. The monoisotopic (exact) mass is 410 g/mol. The van der Waals surface area contributed by atoms with Crippen molar-refractivity contribution < 1.29 is 13.9 Å². The van der Waals surface area contributed by atoms with Crippen molar-refractivity contribution in [3.8, 4) is 5.75 Å². The first-order chi connectivity index (χ1) is 14.3. The van der Waals surface area contributed by atoms with Gasteiger partial charge in [-0.1, -0.05) is 29.8 Å². The second kappa shape index (κ2) is 8.38. The van der Waals surface area contributed by atoms with Crippen LogP contribution in [0.25, 0.3) is 0 Å². The number of rotatable bonds is 4. The van der Waals surface area contributed by atoms with Crippen LogP contribution in [0.5, 0.6) is 5.75 Å². The lowest BCUT2D eigenvalue weighted by atomic mass is 9.88. The molecule has 2 heterocycles. The fourth-order valence-electron chi connectivity index (χ4n) is 4.65. The molecule has 2 aromatic rings. The number of fused-ring (bicyclic) bond motifs is 1. The van der Waals surface area contributed by atoms with Crippen LogP contribution in [0.3, 0.4) is 0 Å². The highest BCUT2D eigenvalue weighted by molar-refractivity contribution is 5.79. The van der Waals surface area contributed by atoms with Crippen LogP contribution in [0, 0.1) is 18.7 Å². The van der Waals surface area contributed by atoms with Crippen molar-refractivity contribution in [1.82, 2.24) is 10.2 Å². The summed E-state index contributed by atoms with van der Waals surface area (Å²) in [7, 11) is 0. The Bertz CT molecular complexity index is 910. The van der Waals surface area contributed by atoms with Crippen LogP contribution < -0.4 is 10.1 Å². The maximum Gasteiger partial charge on any atom is 0.224 e. The third kappa shape index (κ3) is 4.84. The van der Waals surface area contributed by atoms with Crippen LogP contribution in [-0.4, -0.2) is 29.5 Å². The number of ether oxygens (including phenoxy) is 1. The van der Waals surface area contributed by atoms with Crippen LogP contribution in [-0.2, 0) is 11.3 Å². The highest BCUT2D eigenvalue weighted by Crippen LogP contribution is 2.40. The predicted molar refractivity (Wildman–Crippen MR) is 116 cm³/mol. The summed E-state index contributed by atoms with van der Waals surface area (Å²) < 4.78 is 19.3. The van der Waals surface area contributed by atoms with E-state index in [1.54, 1.807) is 0 Å². The third-order valence-corrected chi connectivity index (χ3v) is 6.13. The SMILES string of the molecule is Cc1ccc2c(c1)C(NC(=O)C1CCCN(Cc3ccc(F)cc3)C1)CC(C)(C)O2. The highest BCUT2D eigenvalue weighted by Gasteiger charge is 2.36. The van der Waals surface area contributed by atoms with Crippen LogP contribution in [0.4, 0.5) is 4.39 Å². The van der Waals surface area contributed by atoms with E-state index in [9.17, 15) is 9.18 Å². The molecule has 2 aromatic carbocycles. The van der Waals surface area contributed by atoms with Gasteiger partial charge in [-0.15, -0.1) is 0 Å². The number of hydrogen-bond acceptors (Lipinski definition) is 3. The molecule has 2 atom stereocenters. The molecule has 4 rings (SSSR count).